The van der Waals surface area contributed by atoms with Crippen LogP contribution in [0.1, 0.15) is 37.7 Å². The highest BCUT2D eigenvalue weighted by Crippen LogP contribution is 2.32. The van der Waals surface area contributed by atoms with E-state index in [-0.39, 0.29) is 0 Å². The largest absolute Gasteiger partial charge is 0.103 e. The summed E-state index contributed by atoms with van der Waals surface area (Å²) in [6.07, 6.45) is 10.1. The van der Waals surface area contributed by atoms with Crippen LogP contribution in [-0.4, -0.2) is 0 Å². The van der Waals surface area contributed by atoms with Crippen LogP contribution in [0.5, 0.6) is 0 Å². The predicted octanol–water partition coefficient (Wildman–Crippen LogP) is 6.93. The number of rotatable bonds is 5. The van der Waals surface area contributed by atoms with Crippen LogP contribution in [-0.2, 0) is 6.42 Å². The van der Waals surface area contributed by atoms with E-state index < -0.39 is 0 Å². The third kappa shape index (κ3) is 4.48. The summed E-state index contributed by atoms with van der Waals surface area (Å²) in [5, 5.41) is 0.788. The van der Waals surface area contributed by atoms with Gasteiger partial charge in [0.05, 0.1) is 0 Å². The van der Waals surface area contributed by atoms with Gasteiger partial charge in [0, 0.05) is 5.02 Å². The molecule has 2 aromatic rings. The van der Waals surface area contributed by atoms with Gasteiger partial charge in [-0.05, 0) is 79.2 Å². The summed E-state index contributed by atoms with van der Waals surface area (Å²) < 4.78 is 0. The van der Waals surface area contributed by atoms with Crippen molar-refractivity contribution in [1.29, 1.82) is 0 Å². The molecule has 0 saturated heterocycles. The molecule has 0 N–H and O–H groups in total. The summed E-state index contributed by atoms with van der Waals surface area (Å²) in [7, 11) is 0. The van der Waals surface area contributed by atoms with E-state index in [2.05, 4.69) is 49.1 Å². The zero-order valence-corrected chi connectivity index (χ0v) is 14.4. The first-order valence-electron chi connectivity index (χ1n) is 8.72. The fourth-order valence-corrected chi connectivity index (χ4v) is 3.72. The zero-order valence-electron chi connectivity index (χ0n) is 13.7. The third-order valence-corrected chi connectivity index (χ3v) is 5.45. The molecular formula is C22H25Cl. The second-order valence-corrected chi connectivity index (χ2v) is 7.20. The first kappa shape index (κ1) is 16.3. The fourth-order valence-electron chi connectivity index (χ4n) is 3.59. The summed E-state index contributed by atoms with van der Waals surface area (Å²) in [4.78, 5) is 0. The van der Waals surface area contributed by atoms with Crippen molar-refractivity contribution in [2.45, 2.75) is 38.5 Å². The number of benzene rings is 2. The molecular weight excluding hydrogens is 300 g/mol. The van der Waals surface area contributed by atoms with Crippen LogP contribution in [0.4, 0.5) is 0 Å². The van der Waals surface area contributed by atoms with E-state index in [1.54, 1.807) is 0 Å². The van der Waals surface area contributed by atoms with Crippen molar-refractivity contribution in [3.05, 3.63) is 71.8 Å². The van der Waals surface area contributed by atoms with Crippen LogP contribution in [0, 0.1) is 11.8 Å². The van der Waals surface area contributed by atoms with Crippen molar-refractivity contribution >= 4 is 11.6 Å². The molecule has 0 aromatic heterocycles. The molecule has 0 aliphatic heterocycles. The average molecular weight is 325 g/mol. The highest BCUT2D eigenvalue weighted by atomic mass is 35.5. The summed E-state index contributed by atoms with van der Waals surface area (Å²) in [6.45, 7) is 3.93. The number of hydrogen-bond donors (Lipinski definition) is 0. The Labute approximate surface area is 145 Å². The van der Waals surface area contributed by atoms with Gasteiger partial charge in [0.15, 0.2) is 0 Å². The van der Waals surface area contributed by atoms with Gasteiger partial charge >= 0.3 is 0 Å². The Hall–Kier alpha value is -1.53. The molecule has 1 fully saturated rings. The lowest BCUT2D eigenvalue weighted by molar-refractivity contribution is 0.296. The number of hydrogen-bond acceptors (Lipinski definition) is 0. The van der Waals surface area contributed by atoms with Gasteiger partial charge in [-0.15, -0.1) is 6.58 Å². The second-order valence-electron chi connectivity index (χ2n) is 6.76. The van der Waals surface area contributed by atoms with Crippen molar-refractivity contribution < 1.29 is 0 Å². The molecule has 0 radical (unpaired) electrons. The molecule has 0 atom stereocenters. The third-order valence-electron chi connectivity index (χ3n) is 5.20. The van der Waals surface area contributed by atoms with Crippen LogP contribution in [0.3, 0.4) is 0 Å². The second kappa shape index (κ2) is 7.84. The topological polar surface area (TPSA) is 0 Å². The van der Waals surface area contributed by atoms with Crippen molar-refractivity contribution in [3.63, 3.8) is 0 Å². The number of aryl methyl sites for hydroxylation is 1. The van der Waals surface area contributed by atoms with Crippen LogP contribution < -0.4 is 0 Å². The Kier molecular flexibility index (Phi) is 5.56. The van der Waals surface area contributed by atoms with Crippen molar-refractivity contribution in [1.82, 2.24) is 0 Å². The van der Waals surface area contributed by atoms with Crippen LogP contribution in [0.2, 0.25) is 5.02 Å². The first-order chi connectivity index (χ1) is 11.2. The lowest BCUT2D eigenvalue weighted by atomic mass is 9.79. The van der Waals surface area contributed by atoms with E-state index in [4.69, 9.17) is 11.6 Å². The molecule has 1 aliphatic carbocycles. The highest BCUT2D eigenvalue weighted by Gasteiger charge is 2.18. The SMILES string of the molecule is C=CC1CCC(CCc2ccc(-c3ccc(Cl)cc3)cc2)CC1. The van der Waals surface area contributed by atoms with Gasteiger partial charge in [-0.25, -0.2) is 0 Å². The fraction of sp³-hybridized carbons (Fsp3) is 0.364. The van der Waals surface area contributed by atoms with Crippen molar-refractivity contribution in [2.75, 3.05) is 0 Å². The smallest absolute Gasteiger partial charge is 0.0406 e. The standard InChI is InChI=1S/C22H25Cl/c1-2-17-3-5-18(6-4-17)7-8-19-9-11-20(12-10-19)21-13-15-22(23)16-14-21/h2,9-18H,1,3-8H2. The summed E-state index contributed by atoms with van der Waals surface area (Å²) in [5.41, 5.74) is 3.94. The molecule has 1 aliphatic rings. The quantitative estimate of drug-likeness (QED) is 0.523. The van der Waals surface area contributed by atoms with Crippen molar-refractivity contribution in [3.8, 4) is 11.1 Å². The predicted molar refractivity (Wildman–Crippen MR) is 101 cm³/mol. The van der Waals surface area contributed by atoms with Crippen molar-refractivity contribution in [2.24, 2.45) is 11.8 Å². The molecule has 1 saturated carbocycles. The Balaban J connectivity index is 1.54. The summed E-state index contributed by atoms with van der Waals surface area (Å²) in [6, 6.07) is 17.1. The van der Waals surface area contributed by atoms with Gasteiger partial charge in [0.1, 0.15) is 0 Å². The Morgan fingerprint density at radius 3 is 2.00 bits per heavy atom. The Bertz CT molecular complexity index is 616. The van der Waals surface area contributed by atoms with E-state index in [9.17, 15) is 0 Å². The van der Waals surface area contributed by atoms with Gasteiger partial charge in [-0.2, -0.15) is 0 Å². The van der Waals surface area contributed by atoms with Crippen LogP contribution >= 0.6 is 11.6 Å². The maximum Gasteiger partial charge on any atom is 0.0406 e. The highest BCUT2D eigenvalue weighted by molar-refractivity contribution is 6.30. The molecule has 2 aromatic carbocycles. The van der Waals surface area contributed by atoms with Gasteiger partial charge in [0.25, 0.3) is 0 Å². The molecule has 0 nitrogen and oxygen atoms in total. The Morgan fingerprint density at radius 1 is 0.870 bits per heavy atom. The van der Waals surface area contributed by atoms with E-state index >= 15 is 0 Å². The number of halogens is 1. The van der Waals surface area contributed by atoms with E-state index in [0.29, 0.717) is 0 Å². The van der Waals surface area contributed by atoms with E-state index in [0.717, 1.165) is 16.9 Å². The molecule has 0 amide bonds. The minimum Gasteiger partial charge on any atom is -0.103 e. The molecule has 120 valence electrons. The lowest BCUT2D eigenvalue weighted by Gasteiger charge is -2.26. The van der Waals surface area contributed by atoms with Gasteiger partial charge in [-0.3, -0.25) is 0 Å². The maximum absolute atomic E-state index is 5.95. The average Bonchev–Trinajstić information content (AvgIpc) is 2.61. The molecule has 0 spiro atoms. The van der Waals surface area contributed by atoms with E-state index in [1.165, 1.54) is 55.2 Å². The normalized spacial score (nSPS) is 21.1. The first-order valence-corrected chi connectivity index (χ1v) is 9.10. The van der Waals surface area contributed by atoms with Crippen LogP contribution in [0.15, 0.2) is 61.2 Å². The Morgan fingerprint density at radius 2 is 1.43 bits per heavy atom. The van der Waals surface area contributed by atoms with Gasteiger partial charge < -0.3 is 0 Å². The monoisotopic (exact) mass is 324 g/mol. The molecule has 1 heteroatoms. The molecule has 0 unspecified atom stereocenters. The summed E-state index contributed by atoms with van der Waals surface area (Å²) >= 11 is 5.95. The summed E-state index contributed by atoms with van der Waals surface area (Å²) in [5.74, 6) is 1.67. The zero-order chi connectivity index (χ0) is 16.1. The van der Waals surface area contributed by atoms with Gasteiger partial charge in [0.2, 0.25) is 0 Å². The maximum atomic E-state index is 5.95. The van der Waals surface area contributed by atoms with Gasteiger partial charge in [-0.1, -0.05) is 54.1 Å². The minimum atomic E-state index is 0.768. The molecule has 3 rings (SSSR count). The molecule has 0 bridgehead atoms. The lowest BCUT2D eigenvalue weighted by Crippen LogP contribution is -2.13. The molecule has 0 heterocycles. The van der Waals surface area contributed by atoms with Crippen LogP contribution in [0.25, 0.3) is 11.1 Å². The molecule has 23 heavy (non-hydrogen) atoms. The number of allylic oxidation sites excluding steroid dienone is 1. The van der Waals surface area contributed by atoms with E-state index in [1.807, 2.05) is 12.1 Å². The minimum absolute atomic E-state index is 0.768.